The van der Waals surface area contributed by atoms with Crippen molar-refractivity contribution in [3.05, 3.63) is 39.7 Å². The maximum Gasteiger partial charge on any atom is 0.341 e. The van der Waals surface area contributed by atoms with E-state index in [1.807, 2.05) is 13.1 Å². The molecular formula is C15H16N2O4S. The second-order valence-corrected chi connectivity index (χ2v) is 6.56. The van der Waals surface area contributed by atoms with Gasteiger partial charge in [-0.2, -0.15) is 0 Å². The molecule has 0 saturated heterocycles. The second-order valence-electron chi connectivity index (χ2n) is 5.29. The van der Waals surface area contributed by atoms with Crippen LogP contribution >= 0.6 is 11.3 Å². The minimum absolute atomic E-state index is 0.0966. The number of thiazole rings is 1. The first kappa shape index (κ1) is 14.8. The maximum atomic E-state index is 12.3. The SMILES string of the molecule is COC(=O)c1coc(C(=O)N[C@H](c2ncc(C)s2)C2CC2)c1. The summed E-state index contributed by atoms with van der Waals surface area (Å²) in [7, 11) is 1.28. The summed E-state index contributed by atoms with van der Waals surface area (Å²) in [6.07, 6.45) is 5.19. The normalized spacial score (nSPS) is 15.4. The number of furan rings is 1. The molecule has 2 aromatic heterocycles. The van der Waals surface area contributed by atoms with Gasteiger partial charge in [-0.1, -0.05) is 0 Å². The highest BCUT2D eigenvalue weighted by molar-refractivity contribution is 7.11. The molecule has 1 atom stereocenters. The van der Waals surface area contributed by atoms with E-state index in [1.165, 1.54) is 19.4 Å². The van der Waals surface area contributed by atoms with Crippen LogP contribution in [-0.2, 0) is 4.74 Å². The average Bonchev–Trinajstić information content (AvgIpc) is 3.06. The van der Waals surface area contributed by atoms with Crippen molar-refractivity contribution in [1.82, 2.24) is 10.3 Å². The Balaban J connectivity index is 1.74. The van der Waals surface area contributed by atoms with Gasteiger partial charge in [0.15, 0.2) is 5.76 Å². The number of aromatic nitrogens is 1. The summed E-state index contributed by atoms with van der Waals surface area (Å²) < 4.78 is 9.75. The van der Waals surface area contributed by atoms with E-state index in [9.17, 15) is 9.59 Å². The van der Waals surface area contributed by atoms with Gasteiger partial charge in [0, 0.05) is 17.1 Å². The van der Waals surface area contributed by atoms with Gasteiger partial charge < -0.3 is 14.5 Å². The van der Waals surface area contributed by atoms with Gasteiger partial charge in [-0.3, -0.25) is 4.79 Å². The zero-order valence-corrected chi connectivity index (χ0v) is 13.1. The number of carbonyl (C=O) groups excluding carboxylic acids is 2. The van der Waals surface area contributed by atoms with Gasteiger partial charge >= 0.3 is 5.97 Å². The van der Waals surface area contributed by atoms with E-state index in [2.05, 4.69) is 15.0 Å². The fourth-order valence-corrected chi connectivity index (χ4v) is 3.14. The van der Waals surface area contributed by atoms with Crippen molar-refractivity contribution < 1.29 is 18.7 Å². The number of amides is 1. The third kappa shape index (κ3) is 3.04. The zero-order chi connectivity index (χ0) is 15.7. The van der Waals surface area contributed by atoms with Gasteiger partial charge in [0.25, 0.3) is 5.91 Å². The van der Waals surface area contributed by atoms with E-state index in [0.29, 0.717) is 5.92 Å². The van der Waals surface area contributed by atoms with Crippen molar-refractivity contribution in [2.75, 3.05) is 7.11 Å². The molecule has 2 heterocycles. The molecule has 1 saturated carbocycles. The number of esters is 1. The topological polar surface area (TPSA) is 81.4 Å². The Morgan fingerprint density at radius 2 is 2.27 bits per heavy atom. The molecule has 116 valence electrons. The number of hydrogen-bond acceptors (Lipinski definition) is 6. The lowest BCUT2D eigenvalue weighted by molar-refractivity contribution is 0.0599. The highest BCUT2D eigenvalue weighted by Crippen LogP contribution is 2.42. The molecule has 0 bridgehead atoms. The molecule has 0 unspecified atom stereocenters. The maximum absolute atomic E-state index is 12.3. The van der Waals surface area contributed by atoms with Crippen LogP contribution in [0.4, 0.5) is 0 Å². The number of aryl methyl sites for hydroxylation is 1. The molecule has 0 aromatic carbocycles. The van der Waals surface area contributed by atoms with Crippen LogP contribution in [0.2, 0.25) is 0 Å². The van der Waals surface area contributed by atoms with Gasteiger partial charge in [-0.15, -0.1) is 11.3 Å². The van der Waals surface area contributed by atoms with Crippen LogP contribution in [0.3, 0.4) is 0 Å². The van der Waals surface area contributed by atoms with Crippen molar-refractivity contribution in [2.24, 2.45) is 5.92 Å². The third-order valence-corrected chi connectivity index (χ3v) is 4.53. The van der Waals surface area contributed by atoms with Crippen molar-refractivity contribution in [3.63, 3.8) is 0 Å². The summed E-state index contributed by atoms with van der Waals surface area (Å²) in [6.45, 7) is 1.99. The van der Waals surface area contributed by atoms with Gasteiger partial charge in [0.2, 0.25) is 0 Å². The molecule has 3 rings (SSSR count). The first-order valence-corrected chi connectivity index (χ1v) is 7.80. The summed E-state index contributed by atoms with van der Waals surface area (Å²) >= 11 is 1.58. The van der Waals surface area contributed by atoms with Crippen LogP contribution in [0, 0.1) is 12.8 Å². The molecule has 2 aromatic rings. The number of hydrogen-bond donors (Lipinski definition) is 1. The smallest absolute Gasteiger partial charge is 0.341 e. The predicted octanol–water partition coefficient (Wildman–Crippen LogP) is 2.71. The zero-order valence-electron chi connectivity index (χ0n) is 12.3. The van der Waals surface area contributed by atoms with Gasteiger partial charge in [0.05, 0.1) is 18.7 Å². The van der Waals surface area contributed by atoms with E-state index < -0.39 is 5.97 Å². The number of methoxy groups -OCH3 is 1. The van der Waals surface area contributed by atoms with Crippen LogP contribution in [0.15, 0.2) is 22.9 Å². The minimum Gasteiger partial charge on any atom is -0.465 e. The van der Waals surface area contributed by atoms with Gasteiger partial charge in [-0.25, -0.2) is 9.78 Å². The van der Waals surface area contributed by atoms with Crippen LogP contribution in [-0.4, -0.2) is 24.0 Å². The monoisotopic (exact) mass is 320 g/mol. The Bertz CT molecular complexity index is 702. The lowest BCUT2D eigenvalue weighted by Gasteiger charge is -2.14. The molecular weight excluding hydrogens is 304 g/mol. The molecule has 1 aliphatic carbocycles. The Kier molecular flexibility index (Phi) is 3.98. The van der Waals surface area contributed by atoms with E-state index in [0.717, 1.165) is 22.7 Å². The predicted molar refractivity (Wildman–Crippen MR) is 79.8 cm³/mol. The van der Waals surface area contributed by atoms with Crippen LogP contribution in [0.5, 0.6) is 0 Å². The summed E-state index contributed by atoms with van der Waals surface area (Å²) in [6, 6.07) is 1.29. The number of ether oxygens (including phenoxy) is 1. The second kappa shape index (κ2) is 5.92. The average molecular weight is 320 g/mol. The van der Waals surface area contributed by atoms with Gasteiger partial charge in [-0.05, 0) is 25.7 Å². The van der Waals surface area contributed by atoms with Crippen molar-refractivity contribution in [3.8, 4) is 0 Å². The van der Waals surface area contributed by atoms with Crippen LogP contribution < -0.4 is 5.32 Å². The van der Waals surface area contributed by atoms with Crippen molar-refractivity contribution in [1.29, 1.82) is 0 Å². The van der Waals surface area contributed by atoms with E-state index in [1.54, 1.807) is 11.3 Å². The molecule has 22 heavy (non-hydrogen) atoms. The summed E-state index contributed by atoms with van der Waals surface area (Å²) in [5.74, 6) is -0.360. The van der Waals surface area contributed by atoms with E-state index >= 15 is 0 Å². The van der Waals surface area contributed by atoms with Crippen LogP contribution in [0.25, 0.3) is 0 Å². The number of rotatable bonds is 5. The molecule has 0 aliphatic heterocycles. The highest BCUT2D eigenvalue weighted by atomic mass is 32.1. The molecule has 1 N–H and O–H groups in total. The van der Waals surface area contributed by atoms with Crippen molar-refractivity contribution in [2.45, 2.75) is 25.8 Å². The van der Waals surface area contributed by atoms with E-state index in [4.69, 9.17) is 4.42 Å². The largest absolute Gasteiger partial charge is 0.465 e. The molecule has 1 fully saturated rings. The quantitative estimate of drug-likeness (QED) is 0.857. The fourth-order valence-electron chi connectivity index (χ4n) is 2.22. The Morgan fingerprint density at radius 1 is 1.50 bits per heavy atom. The number of carbonyl (C=O) groups is 2. The number of nitrogens with one attached hydrogen (secondary N) is 1. The third-order valence-electron chi connectivity index (χ3n) is 3.53. The van der Waals surface area contributed by atoms with Crippen LogP contribution in [0.1, 0.15) is 49.7 Å². The first-order valence-electron chi connectivity index (χ1n) is 6.98. The fraction of sp³-hybridized carbons (Fsp3) is 0.400. The molecule has 7 heteroatoms. The number of nitrogens with zero attached hydrogens (tertiary/aromatic N) is 1. The Labute approximate surface area is 131 Å². The summed E-state index contributed by atoms with van der Waals surface area (Å²) in [5, 5.41) is 3.87. The minimum atomic E-state index is -0.530. The Morgan fingerprint density at radius 3 is 2.86 bits per heavy atom. The molecule has 0 spiro atoms. The van der Waals surface area contributed by atoms with Crippen molar-refractivity contribution >= 4 is 23.2 Å². The van der Waals surface area contributed by atoms with Gasteiger partial charge in [0.1, 0.15) is 11.3 Å². The summed E-state index contributed by atoms with van der Waals surface area (Å²) in [4.78, 5) is 29.2. The Hall–Kier alpha value is -2.15. The summed E-state index contributed by atoms with van der Waals surface area (Å²) in [5.41, 5.74) is 0.223. The molecule has 6 nitrogen and oxygen atoms in total. The lowest BCUT2D eigenvalue weighted by Crippen LogP contribution is -2.29. The first-order chi connectivity index (χ1) is 10.6. The standard InChI is InChI=1S/C15H16N2O4S/c1-8-6-16-14(22-8)12(9-3-4-9)17-13(18)11-5-10(7-21-11)15(19)20-2/h5-7,9,12H,3-4H2,1-2H3,(H,17,18)/t12-/m0/s1. The van der Waals surface area contributed by atoms with E-state index in [-0.39, 0.29) is 23.3 Å². The lowest BCUT2D eigenvalue weighted by atomic mass is 10.2. The molecule has 0 radical (unpaired) electrons. The molecule has 1 aliphatic rings. The molecule has 1 amide bonds. The highest BCUT2D eigenvalue weighted by Gasteiger charge is 2.36.